The lowest BCUT2D eigenvalue weighted by atomic mass is 10.1. The molecule has 0 spiro atoms. The number of carbonyl (C=O) groups excluding carboxylic acids is 1. The molecule has 1 amide bonds. The van der Waals surface area contributed by atoms with Crippen molar-refractivity contribution < 1.29 is 4.79 Å². The molecule has 0 fully saturated rings. The summed E-state index contributed by atoms with van der Waals surface area (Å²) < 4.78 is 0. The van der Waals surface area contributed by atoms with Crippen molar-refractivity contribution in [2.24, 2.45) is 5.73 Å². The highest BCUT2D eigenvalue weighted by atomic mass is 16.1. The van der Waals surface area contributed by atoms with Crippen LogP contribution in [0, 0.1) is 0 Å². The van der Waals surface area contributed by atoms with Gasteiger partial charge in [-0.05, 0) is 6.08 Å². The molecule has 0 aliphatic rings. The van der Waals surface area contributed by atoms with Gasteiger partial charge in [0.1, 0.15) is 0 Å². The van der Waals surface area contributed by atoms with Gasteiger partial charge in [0.05, 0.1) is 0 Å². The fourth-order valence-corrected chi connectivity index (χ4v) is 1.56. The highest BCUT2D eigenvalue weighted by Crippen LogP contribution is 2.09. The van der Waals surface area contributed by atoms with E-state index in [0.29, 0.717) is 0 Å². The van der Waals surface area contributed by atoms with Crippen LogP contribution in [0.5, 0.6) is 0 Å². The van der Waals surface area contributed by atoms with Gasteiger partial charge in [-0.1, -0.05) is 84.6 Å². The average Bonchev–Trinajstić information content (AvgIpc) is 2.33. The summed E-state index contributed by atoms with van der Waals surface area (Å²) in [6, 6.07) is 0. The van der Waals surface area contributed by atoms with Crippen molar-refractivity contribution in [3.05, 3.63) is 12.7 Å². The van der Waals surface area contributed by atoms with E-state index in [4.69, 9.17) is 0 Å². The van der Waals surface area contributed by atoms with E-state index in [1.165, 1.54) is 64.2 Å². The topological polar surface area (TPSA) is 43.1 Å². The molecule has 0 saturated heterocycles. The number of primary amides is 1. The number of nitrogens with two attached hydrogens (primary N) is 1. The summed E-state index contributed by atoms with van der Waals surface area (Å²) in [5.74, 6) is -0.481. The monoisotopic (exact) mass is 241 g/mol. The van der Waals surface area contributed by atoms with Gasteiger partial charge >= 0.3 is 0 Å². The van der Waals surface area contributed by atoms with Crippen molar-refractivity contribution in [1.29, 1.82) is 0 Å². The molecular weight excluding hydrogens is 210 g/mol. The Hall–Kier alpha value is -0.790. The largest absolute Gasteiger partial charge is 0.366 e. The molecule has 0 radical (unpaired) electrons. The van der Waals surface area contributed by atoms with Gasteiger partial charge in [0.25, 0.3) is 0 Å². The SMILES string of the molecule is C=CC(N)=O.CCCCCCCCCCCC. The average molecular weight is 241 g/mol. The third-order valence-electron chi connectivity index (χ3n) is 2.66. The number of carbonyl (C=O) groups is 1. The summed E-state index contributed by atoms with van der Waals surface area (Å²) in [5, 5.41) is 0. The quantitative estimate of drug-likeness (QED) is 0.441. The number of hydrogen-bond donors (Lipinski definition) is 1. The predicted octanol–water partition coefficient (Wildman–Crippen LogP) is 4.58. The molecule has 17 heavy (non-hydrogen) atoms. The fourth-order valence-electron chi connectivity index (χ4n) is 1.56. The smallest absolute Gasteiger partial charge is 0.240 e. The Morgan fingerprint density at radius 1 is 0.882 bits per heavy atom. The van der Waals surface area contributed by atoms with Crippen molar-refractivity contribution in [1.82, 2.24) is 0 Å². The van der Waals surface area contributed by atoms with Gasteiger partial charge in [0, 0.05) is 0 Å². The van der Waals surface area contributed by atoms with Gasteiger partial charge in [0.15, 0.2) is 0 Å². The van der Waals surface area contributed by atoms with Crippen molar-refractivity contribution >= 4 is 5.91 Å². The predicted molar refractivity (Wildman–Crippen MR) is 76.9 cm³/mol. The lowest BCUT2D eigenvalue weighted by molar-refractivity contribution is -0.113. The first-order chi connectivity index (χ1) is 8.18. The normalized spacial score (nSPS) is 9.29. The molecule has 0 aromatic heterocycles. The Kier molecular flexibility index (Phi) is 19.2. The molecule has 2 heteroatoms. The van der Waals surface area contributed by atoms with Crippen LogP contribution in [0.15, 0.2) is 12.7 Å². The highest BCUT2D eigenvalue weighted by molar-refractivity contribution is 5.84. The second kappa shape index (κ2) is 17.6. The second-order valence-corrected chi connectivity index (χ2v) is 4.43. The first-order valence-electron chi connectivity index (χ1n) is 7.10. The van der Waals surface area contributed by atoms with Gasteiger partial charge in [-0.3, -0.25) is 4.79 Å². The standard InChI is InChI=1S/C12H26.C3H5NO/c1-3-5-7-9-11-12-10-8-6-4-2;1-2-3(4)5/h3-12H2,1-2H3;2H,1H2,(H2,4,5). The Bertz CT molecular complexity index is 156. The van der Waals surface area contributed by atoms with E-state index in [2.05, 4.69) is 26.2 Å². The molecular formula is C15H31NO. The Morgan fingerprint density at radius 2 is 1.12 bits per heavy atom. The molecule has 0 heterocycles. The summed E-state index contributed by atoms with van der Waals surface area (Å²) in [7, 11) is 0. The minimum atomic E-state index is -0.481. The number of unbranched alkanes of at least 4 members (excludes halogenated alkanes) is 9. The zero-order valence-electron chi connectivity index (χ0n) is 11.8. The minimum absolute atomic E-state index is 0.481. The molecule has 0 aliphatic heterocycles. The number of amides is 1. The van der Waals surface area contributed by atoms with E-state index in [1.807, 2.05) is 0 Å². The maximum atomic E-state index is 9.47. The van der Waals surface area contributed by atoms with E-state index in [9.17, 15) is 4.79 Å². The molecule has 2 N–H and O–H groups in total. The molecule has 0 rings (SSSR count). The van der Waals surface area contributed by atoms with E-state index >= 15 is 0 Å². The first-order valence-corrected chi connectivity index (χ1v) is 7.10. The second-order valence-electron chi connectivity index (χ2n) is 4.43. The number of hydrogen-bond acceptors (Lipinski definition) is 1. The van der Waals surface area contributed by atoms with Crippen LogP contribution in [0.25, 0.3) is 0 Å². The van der Waals surface area contributed by atoms with Crippen molar-refractivity contribution in [3.63, 3.8) is 0 Å². The minimum Gasteiger partial charge on any atom is -0.366 e. The summed E-state index contributed by atoms with van der Waals surface area (Å²) >= 11 is 0. The summed E-state index contributed by atoms with van der Waals surface area (Å²) in [4.78, 5) is 9.47. The molecule has 0 aromatic carbocycles. The highest BCUT2D eigenvalue weighted by Gasteiger charge is 1.90. The van der Waals surface area contributed by atoms with Crippen LogP contribution >= 0.6 is 0 Å². The molecule has 0 aliphatic carbocycles. The lowest BCUT2D eigenvalue weighted by Gasteiger charge is -1.99. The maximum absolute atomic E-state index is 9.47. The maximum Gasteiger partial charge on any atom is 0.240 e. The van der Waals surface area contributed by atoms with Gasteiger partial charge in [-0.15, -0.1) is 0 Å². The molecule has 0 atom stereocenters. The van der Waals surface area contributed by atoms with Crippen LogP contribution in [-0.4, -0.2) is 5.91 Å². The van der Waals surface area contributed by atoms with Crippen LogP contribution in [0.1, 0.15) is 78.1 Å². The Morgan fingerprint density at radius 3 is 1.29 bits per heavy atom. The van der Waals surface area contributed by atoms with Crippen LogP contribution in [-0.2, 0) is 4.79 Å². The molecule has 2 nitrogen and oxygen atoms in total. The molecule has 0 aromatic rings. The first kappa shape index (κ1) is 18.6. The van der Waals surface area contributed by atoms with E-state index in [-0.39, 0.29) is 0 Å². The zero-order valence-corrected chi connectivity index (χ0v) is 11.8. The van der Waals surface area contributed by atoms with E-state index in [0.717, 1.165) is 6.08 Å². The third-order valence-corrected chi connectivity index (χ3v) is 2.66. The van der Waals surface area contributed by atoms with Gasteiger partial charge in [-0.25, -0.2) is 0 Å². The van der Waals surface area contributed by atoms with Gasteiger partial charge in [-0.2, -0.15) is 0 Å². The van der Waals surface area contributed by atoms with Crippen molar-refractivity contribution in [3.8, 4) is 0 Å². The molecule has 0 saturated carbocycles. The summed E-state index contributed by atoms with van der Waals surface area (Å²) in [5.41, 5.74) is 4.53. The van der Waals surface area contributed by atoms with Crippen molar-refractivity contribution in [2.75, 3.05) is 0 Å². The van der Waals surface area contributed by atoms with E-state index < -0.39 is 5.91 Å². The zero-order chi connectivity index (χ0) is 13.4. The van der Waals surface area contributed by atoms with E-state index in [1.54, 1.807) is 0 Å². The molecule has 102 valence electrons. The third kappa shape index (κ3) is 25.5. The summed E-state index contributed by atoms with van der Waals surface area (Å²) in [6.07, 6.45) is 15.5. The van der Waals surface area contributed by atoms with Crippen LogP contribution in [0.4, 0.5) is 0 Å². The number of rotatable bonds is 10. The van der Waals surface area contributed by atoms with Crippen LogP contribution < -0.4 is 5.73 Å². The van der Waals surface area contributed by atoms with Crippen LogP contribution in [0.2, 0.25) is 0 Å². The Labute approximate surface area is 108 Å². The van der Waals surface area contributed by atoms with Crippen molar-refractivity contribution in [2.45, 2.75) is 78.1 Å². The molecule has 0 unspecified atom stereocenters. The van der Waals surface area contributed by atoms with Crippen LogP contribution in [0.3, 0.4) is 0 Å². The van der Waals surface area contributed by atoms with Gasteiger partial charge in [0.2, 0.25) is 5.91 Å². The fraction of sp³-hybridized carbons (Fsp3) is 0.800. The lowest BCUT2D eigenvalue weighted by Crippen LogP contribution is -2.04. The Balaban J connectivity index is 0. The molecule has 0 bridgehead atoms. The van der Waals surface area contributed by atoms with Gasteiger partial charge < -0.3 is 5.73 Å². The summed E-state index contributed by atoms with van der Waals surface area (Å²) in [6.45, 7) is 7.64.